The fourth-order valence-corrected chi connectivity index (χ4v) is 5.16. The number of hydrogen-bond donors (Lipinski definition) is 2. The average molecular weight is 406 g/mol. The van der Waals surface area contributed by atoms with Crippen LogP contribution in [0.25, 0.3) is 0 Å². The lowest BCUT2D eigenvalue weighted by atomic mass is 10.0. The van der Waals surface area contributed by atoms with E-state index in [1.165, 1.54) is 23.4 Å². The van der Waals surface area contributed by atoms with Crippen LogP contribution in [0.2, 0.25) is 0 Å². The summed E-state index contributed by atoms with van der Waals surface area (Å²) >= 11 is 3.34. The van der Waals surface area contributed by atoms with Crippen LogP contribution in [0.4, 0.5) is 0 Å². The maximum absolute atomic E-state index is 12.4. The monoisotopic (exact) mass is 405 g/mol. The molecule has 1 atom stereocenters. The standard InChI is InChI=1S/C16H27N3O3S3/c1-3-25(21,22)19-13(9-11-23-2)16(20)17-10-8-15-18-12-6-4-5-7-14(12)24-15/h13,19H,3-11H2,1-2H3,(H,17,20). The van der Waals surface area contributed by atoms with Crippen molar-refractivity contribution in [2.45, 2.75) is 51.5 Å². The second-order valence-electron chi connectivity index (χ2n) is 6.08. The Labute approximate surface area is 158 Å². The molecule has 1 heterocycles. The zero-order chi connectivity index (χ0) is 18.3. The number of aryl methyl sites for hydroxylation is 2. The highest BCUT2D eigenvalue weighted by Crippen LogP contribution is 2.26. The lowest BCUT2D eigenvalue weighted by molar-refractivity contribution is -0.122. The minimum atomic E-state index is -3.40. The number of fused-ring (bicyclic) bond motifs is 1. The Morgan fingerprint density at radius 3 is 2.80 bits per heavy atom. The molecule has 0 spiro atoms. The van der Waals surface area contributed by atoms with Crippen molar-refractivity contribution in [1.82, 2.24) is 15.0 Å². The van der Waals surface area contributed by atoms with E-state index < -0.39 is 16.1 Å². The van der Waals surface area contributed by atoms with Gasteiger partial charge in [0.05, 0.1) is 16.5 Å². The van der Waals surface area contributed by atoms with E-state index in [1.54, 1.807) is 30.0 Å². The van der Waals surface area contributed by atoms with E-state index in [9.17, 15) is 13.2 Å². The fourth-order valence-electron chi connectivity index (χ4n) is 2.71. The number of carbonyl (C=O) groups is 1. The minimum Gasteiger partial charge on any atom is -0.354 e. The van der Waals surface area contributed by atoms with Crippen LogP contribution in [0.1, 0.15) is 41.8 Å². The van der Waals surface area contributed by atoms with Crippen LogP contribution in [0.5, 0.6) is 0 Å². The molecule has 9 heteroatoms. The fraction of sp³-hybridized carbons (Fsp3) is 0.750. The molecule has 1 unspecified atom stereocenters. The third-order valence-corrected chi connectivity index (χ3v) is 7.42. The summed E-state index contributed by atoms with van der Waals surface area (Å²) in [6.07, 6.45) is 7.74. The Morgan fingerprint density at radius 1 is 1.36 bits per heavy atom. The summed E-state index contributed by atoms with van der Waals surface area (Å²) in [6.45, 7) is 2.05. The Bertz CT molecular complexity index is 650. The first kappa shape index (κ1) is 20.7. The maximum atomic E-state index is 12.4. The Balaban J connectivity index is 1.86. The molecule has 0 saturated heterocycles. The van der Waals surface area contributed by atoms with Gasteiger partial charge in [-0.1, -0.05) is 0 Å². The summed E-state index contributed by atoms with van der Waals surface area (Å²) in [5.74, 6) is 0.442. The van der Waals surface area contributed by atoms with Gasteiger partial charge < -0.3 is 5.32 Å². The number of thiazole rings is 1. The largest absolute Gasteiger partial charge is 0.354 e. The molecule has 1 aromatic heterocycles. The second kappa shape index (κ2) is 9.89. The maximum Gasteiger partial charge on any atom is 0.238 e. The van der Waals surface area contributed by atoms with Gasteiger partial charge in [-0.25, -0.2) is 18.1 Å². The summed E-state index contributed by atoms with van der Waals surface area (Å²) in [7, 11) is -3.40. The molecule has 0 saturated carbocycles. The zero-order valence-electron chi connectivity index (χ0n) is 14.8. The van der Waals surface area contributed by atoms with Gasteiger partial charge >= 0.3 is 0 Å². The van der Waals surface area contributed by atoms with Gasteiger partial charge in [0.1, 0.15) is 6.04 Å². The van der Waals surface area contributed by atoms with E-state index in [0.29, 0.717) is 19.4 Å². The van der Waals surface area contributed by atoms with Crippen molar-refractivity contribution < 1.29 is 13.2 Å². The summed E-state index contributed by atoms with van der Waals surface area (Å²) in [5.41, 5.74) is 1.23. The van der Waals surface area contributed by atoms with E-state index in [-0.39, 0.29) is 11.7 Å². The van der Waals surface area contributed by atoms with E-state index in [2.05, 4.69) is 15.0 Å². The quantitative estimate of drug-likeness (QED) is 0.619. The molecule has 142 valence electrons. The summed E-state index contributed by atoms with van der Waals surface area (Å²) in [4.78, 5) is 18.4. The van der Waals surface area contributed by atoms with Gasteiger partial charge in [-0.3, -0.25) is 4.79 Å². The van der Waals surface area contributed by atoms with Crippen LogP contribution in [0.3, 0.4) is 0 Å². The molecular weight excluding hydrogens is 378 g/mol. The molecule has 0 fully saturated rings. The van der Waals surface area contributed by atoms with Crippen LogP contribution >= 0.6 is 23.1 Å². The Kier molecular flexibility index (Phi) is 8.18. The molecule has 0 aliphatic heterocycles. The predicted molar refractivity (Wildman–Crippen MR) is 105 cm³/mol. The molecule has 2 N–H and O–H groups in total. The van der Waals surface area contributed by atoms with Crippen molar-refractivity contribution >= 4 is 39.0 Å². The van der Waals surface area contributed by atoms with Crippen molar-refractivity contribution in [3.05, 3.63) is 15.6 Å². The smallest absolute Gasteiger partial charge is 0.238 e. The van der Waals surface area contributed by atoms with E-state index >= 15 is 0 Å². The Hall–Kier alpha value is -0.640. The van der Waals surface area contributed by atoms with Gasteiger partial charge in [-0.2, -0.15) is 11.8 Å². The van der Waals surface area contributed by atoms with Gasteiger partial charge in [-0.05, 0) is 51.0 Å². The average Bonchev–Trinajstić information content (AvgIpc) is 3.01. The molecule has 6 nitrogen and oxygen atoms in total. The number of nitrogens with zero attached hydrogens (tertiary/aromatic N) is 1. The lowest BCUT2D eigenvalue weighted by Gasteiger charge is -2.17. The molecule has 1 amide bonds. The first-order valence-corrected chi connectivity index (χ1v) is 12.6. The molecule has 25 heavy (non-hydrogen) atoms. The van der Waals surface area contributed by atoms with Crippen molar-refractivity contribution in [1.29, 1.82) is 0 Å². The van der Waals surface area contributed by atoms with Crippen molar-refractivity contribution in [2.24, 2.45) is 0 Å². The van der Waals surface area contributed by atoms with Gasteiger partial charge in [0.2, 0.25) is 15.9 Å². The number of hydrogen-bond acceptors (Lipinski definition) is 6. The van der Waals surface area contributed by atoms with E-state index in [1.807, 2.05) is 6.26 Å². The zero-order valence-corrected chi connectivity index (χ0v) is 17.3. The van der Waals surface area contributed by atoms with E-state index in [0.717, 1.165) is 23.6 Å². The summed E-state index contributed by atoms with van der Waals surface area (Å²) in [6, 6.07) is -0.707. The highest BCUT2D eigenvalue weighted by Gasteiger charge is 2.23. The number of thioether (sulfide) groups is 1. The van der Waals surface area contributed by atoms with Gasteiger partial charge in [0.15, 0.2) is 0 Å². The molecule has 0 radical (unpaired) electrons. The number of amides is 1. The predicted octanol–water partition coefficient (Wildman–Crippen LogP) is 1.74. The number of sulfonamides is 1. The van der Waals surface area contributed by atoms with Gasteiger partial charge in [0, 0.05) is 17.8 Å². The molecule has 0 aromatic carbocycles. The number of aromatic nitrogens is 1. The van der Waals surface area contributed by atoms with Crippen molar-refractivity contribution in [3.63, 3.8) is 0 Å². The van der Waals surface area contributed by atoms with Gasteiger partial charge in [0.25, 0.3) is 0 Å². The van der Waals surface area contributed by atoms with Crippen LogP contribution in [0, 0.1) is 0 Å². The number of nitrogens with one attached hydrogen (secondary N) is 2. The molecule has 1 aliphatic rings. The third kappa shape index (κ3) is 6.54. The Morgan fingerprint density at radius 2 is 2.12 bits per heavy atom. The highest BCUT2D eigenvalue weighted by molar-refractivity contribution is 7.98. The first-order chi connectivity index (χ1) is 11.9. The molecule has 0 bridgehead atoms. The minimum absolute atomic E-state index is 0.0271. The number of rotatable bonds is 10. The number of carbonyl (C=O) groups excluding carboxylic acids is 1. The lowest BCUT2D eigenvalue weighted by Crippen LogP contribution is -2.47. The van der Waals surface area contributed by atoms with Crippen LogP contribution in [-0.2, 0) is 34.1 Å². The topological polar surface area (TPSA) is 88.2 Å². The molecule has 2 rings (SSSR count). The molecule has 1 aromatic rings. The van der Waals surface area contributed by atoms with Crippen LogP contribution in [-0.4, -0.2) is 49.7 Å². The summed E-state index contributed by atoms with van der Waals surface area (Å²) < 4.78 is 26.1. The van der Waals surface area contributed by atoms with Crippen molar-refractivity contribution in [3.8, 4) is 0 Å². The van der Waals surface area contributed by atoms with E-state index in [4.69, 9.17) is 0 Å². The van der Waals surface area contributed by atoms with Gasteiger partial charge in [-0.15, -0.1) is 11.3 Å². The summed E-state index contributed by atoms with van der Waals surface area (Å²) in [5, 5.41) is 3.92. The third-order valence-electron chi connectivity index (χ3n) is 4.16. The molecule has 1 aliphatic carbocycles. The van der Waals surface area contributed by atoms with Crippen LogP contribution in [0.15, 0.2) is 0 Å². The first-order valence-electron chi connectivity index (χ1n) is 8.69. The normalized spacial score (nSPS) is 15.6. The SMILES string of the molecule is CCS(=O)(=O)NC(CCSC)C(=O)NCCc1nc2c(s1)CCCC2. The second-order valence-corrected chi connectivity index (χ2v) is 10.3. The molecular formula is C16H27N3O3S3. The van der Waals surface area contributed by atoms with Crippen LogP contribution < -0.4 is 10.0 Å². The van der Waals surface area contributed by atoms with Crippen molar-refractivity contribution in [2.75, 3.05) is 24.3 Å². The highest BCUT2D eigenvalue weighted by atomic mass is 32.2.